The third-order valence-corrected chi connectivity index (χ3v) is 2.97. The van der Waals surface area contributed by atoms with Crippen molar-refractivity contribution in [1.29, 1.82) is 0 Å². The van der Waals surface area contributed by atoms with Gasteiger partial charge in [-0.2, -0.15) is 0 Å². The topological polar surface area (TPSA) is 15.3 Å². The second kappa shape index (κ2) is 7.70. The van der Waals surface area contributed by atoms with Gasteiger partial charge in [-0.3, -0.25) is 0 Å². The first-order chi connectivity index (χ1) is 7.52. The Morgan fingerprint density at radius 2 is 1.53 bits per heavy atom. The summed E-state index contributed by atoms with van der Waals surface area (Å²) < 4.78 is 0. The van der Waals surface area contributed by atoms with Gasteiger partial charge in [-0.1, -0.05) is 44.2 Å². The van der Waals surface area contributed by atoms with Crippen molar-refractivity contribution in [3.8, 4) is 0 Å². The van der Waals surface area contributed by atoms with Crippen molar-refractivity contribution >= 4 is 12.4 Å². The van der Waals surface area contributed by atoms with E-state index >= 15 is 0 Å². The number of likely N-dealkylation sites (N-methyl/N-ethyl adjacent to an activating group) is 1. The average Bonchev–Trinajstić information content (AvgIpc) is 2.26. The Morgan fingerprint density at radius 1 is 1.00 bits per heavy atom. The molecule has 1 aromatic rings. The van der Waals surface area contributed by atoms with Gasteiger partial charge in [0.1, 0.15) is 0 Å². The maximum absolute atomic E-state index is 3.64. The van der Waals surface area contributed by atoms with Crippen LogP contribution in [0.15, 0.2) is 30.3 Å². The number of hydrogen-bond donors (Lipinski definition) is 1. The van der Waals surface area contributed by atoms with Crippen molar-refractivity contribution in [2.24, 2.45) is 0 Å². The van der Waals surface area contributed by atoms with Gasteiger partial charge in [0.25, 0.3) is 0 Å². The zero-order valence-corrected chi connectivity index (χ0v) is 12.3. The average molecular weight is 257 g/mol. The zero-order chi connectivity index (χ0) is 12.1. The predicted octanol–water partition coefficient (Wildman–Crippen LogP) is 3.10. The van der Waals surface area contributed by atoms with Crippen LogP contribution in [0.4, 0.5) is 0 Å². The number of nitrogens with one attached hydrogen (secondary N) is 1. The Bertz CT molecular complexity index is 298. The lowest BCUT2D eigenvalue weighted by molar-refractivity contribution is 0.238. The summed E-state index contributed by atoms with van der Waals surface area (Å²) in [6, 6.07) is 12.0. The van der Waals surface area contributed by atoms with Crippen LogP contribution in [0, 0.1) is 0 Å². The van der Waals surface area contributed by atoms with E-state index in [4.69, 9.17) is 0 Å². The molecule has 1 N–H and O–H groups in total. The number of halogens is 1. The highest BCUT2D eigenvalue weighted by atomic mass is 35.5. The maximum Gasteiger partial charge on any atom is 0.0477 e. The van der Waals surface area contributed by atoms with Gasteiger partial charge in [-0.05, 0) is 26.6 Å². The molecule has 0 heterocycles. The van der Waals surface area contributed by atoms with Crippen LogP contribution in [0.25, 0.3) is 0 Å². The van der Waals surface area contributed by atoms with Gasteiger partial charge in [0, 0.05) is 18.1 Å². The lowest BCUT2D eigenvalue weighted by Gasteiger charge is -2.32. The lowest BCUT2D eigenvalue weighted by atomic mass is 9.99. The van der Waals surface area contributed by atoms with Crippen LogP contribution in [0.5, 0.6) is 0 Å². The van der Waals surface area contributed by atoms with Crippen LogP contribution in [0.1, 0.15) is 32.4 Å². The monoisotopic (exact) mass is 256 g/mol. The second-order valence-electron chi connectivity index (χ2n) is 4.91. The number of benzene rings is 1. The fourth-order valence-corrected chi connectivity index (χ4v) is 1.83. The van der Waals surface area contributed by atoms with E-state index in [9.17, 15) is 0 Å². The fraction of sp³-hybridized carbons (Fsp3) is 0.571. The first-order valence-corrected chi connectivity index (χ1v) is 5.99. The van der Waals surface area contributed by atoms with Gasteiger partial charge >= 0.3 is 0 Å². The molecule has 0 aromatic heterocycles. The molecule has 0 saturated carbocycles. The molecule has 0 amide bonds. The molecule has 0 aliphatic rings. The summed E-state index contributed by atoms with van der Waals surface area (Å²) in [5, 5.41) is 3.64. The molecule has 0 bridgehead atoms. The molecule has 0 fully saturated rings. The molecule has 0 aliphatic carbocycles. The van der Waals surface area contributed by atoms with Crippen molar-refractivity contribution in [3.05, 3.63) is 35.9 Å². The smallest absolute Gasteiger partial charge is 0.0477 e. The molecule has 0 saturated heterocycles. The van der Waals surface area contributed by atoms with Gasteiger partial charge < -0.3 is 10.2 Å². The van der Waals surface area contributed by atoms with Crippen molar-refractivity contribution < 1.29 is 0 Å². The molecular formula is C14H25ClN2. The standard InChI is InChI=1S/C14H24N2.ClH/c1-11(2)15-14(12(3)16(4)5)13-9-7-6-8-10-13;/h6-12,14-15H,1-5H3;1H. The maximum atomic E-state index is 3.64. The molecule has 2 nitrogen and oxygen atoms in total. The van der Waals surface area contributed by atoms with Gasteiger partial charge in [0.2, 0.25) is 0 Å². The quantitative estimate of drug-likeness (QED) is 0.871. The molecule has 2 atom stereocenters. The summed E-state index contributed by atoms with van der Waals surface area (Å²) in [5.74, 6) is 0. The van der Waals surface area contributed by atoms with E-state index in [0.717, 1.165) is 0 Å². The fourth-order valence-electron chi connectivity index (χ4n) is 1.83. The Kier molecular flexibility index (Phi) is 7.44. The minimum absolute atomic E-state index is 0. The molecular weight excluding hydrogens is 232 g/mol. The summed E-state index contributed by atoms with van der Waals surface area (Å²) in [7, 11) is 4.26. The third-order valence-electron chi connectivity index (χ3n) is 2.97. The lowest BCUT2D eigenvalue weighted by Crippen LogP contribution is -2.41. The summed E-state index contributed by atoms with van der Waals surface area (Å²) in [5.41, 5.74) is 1.36. The highest BCUT2D eigenvalue weighted by Gasteiger charge is 2.20. The van der Waals surface area contributed by atoms with Crippen molar-refractivity contribution in [2.45, 2.75) is 38.9 Å². The van der Waals surface area contributed by atoms with Crippen molar-refractivity contribution in [2.75, 3.05) is 14.1 Å². The number of nitrogens with zero attached hydrogens (tertiary/aromatic N) is 1. The highest BCUT2D eigenvalue weighted by molar-refractivity contribution is 5.85. The Balaban J connectivity index is 0.00000256. The van der Waals surface area contributed by atoms with Gasteiger partial charge in [-0.15, -0.1) is 12.4 Å². The van der Waals surface area contributed by atoms with Crippen LogP contribution >= 0.6 is 12.4 Å². The summed E-state index contributed by atoms with van der Waals surface area (Å²) in [4.78, 5) is 2.26. The molecule has 98 valence electrons. The van der Waals surface area contributed by atoms with E-state index in [-0.39, 0.29) is 12.4 Å². The van der Waals surface area contributed by atoms with E-state index < -0.39 is 0 Å². The van der Waals surface area contributed by atoms with Crippen molar-refractivity contribution in [3.63, 3.8) is 0 Å². The van der Waals surface area contributed by atoms with Crippen molar-refractivity contribution in [1.82, 2.24) is 10.2 Å². The number of rotatable bonds is 5. The van der Waals surface area contributed by atoms with E-state index in [1.165, 1.54) is 5.56 Å². The molecule has 0 aliphatic heterocycles. The first kappa shape index (κ1) is 16.4. The summed E-state index contributed by atoms with van der Waals surface area (Å²) >= 11 is 0. The largest absolute Gasteiger partial charge is 0.306 e. The van der Waals surface area contributed by atoms with E-state index in [1.54, 1.807) is 0 Å². The van der Waals surface area contributed by atoms with Crippen LogP contribution in [-0.2, 0) is 0 Å². The van der Waals surface area contributed by atoms with Crippen LogP contribution in [0.3, 0.4) is 0 Å². The minimum Gasteiger partial charge on any atom is -0.306 e. The van der Waals surface area contributed by atoms with Gasteiger partial charge in [-0.25, -0.2) is 0 Å². The Labute approximate surface area is 112 Å². The highest BCUT2D eigenvalue weighted by Crippen LogP contribution is 2.20. The normalized spacial score (nSPS) is 14.5. The SMILES string of the molecule is CC(C)NC(c1ccccc1)C(C)N(C)C.Cl. The second-order valence-corrected chi connectivity index (χ2v) is 4.91. The molecule has 2 unspecified atom stereocenters. The van der Waals surface area contributed by atoms with E-state index in [0.29, 0.717) is 18.1 Å². The molecule has 1 aromatic carbocycles. The Hall–Kier alpha value is -0.570. The first-order valence-electron chi connectivity index (χ1n) is 5.99. The molecule has 0 radical (unpaired) electrons. The minimum atomic E-state index is 0. The van der Waals surface area contributed by atoms with Gasteiger partial charge in [0.15, 0.2) is 0 Å². The molecule has 17 heavy (non-hydrogen) atoms. The predicted molar refractivity (Wildman–Crippen MR) is 77.9 cm³/mol. The third kappa shape index (κ3) is 5.07. The van der Waals surface area contributed by atoms with Crippen LogP contribution in [0.2, 0.25) is 0 Å². The molecule has 1 rings (SSSR count). The zero-order valence-electron chi connectivity index (χ0n) is 11.5. The molecule has 0 spiro atoms. The number of hydrogen-bond acceptors (Lipinski definition) is 2. The van der Waals surface area contributed by atoms with Crippen LogP contribution < -0.4 is 5.32 Å². The van der Waals surface area contributed by atoms with Crippen LogP contribution in [-0.4, -0.2) is 31.1 Å². The molecule has 3 heteroatoms. The Morgan fingerprint density at radius 3 is 1.94 bits per heavy atom. The summed E-state index contributed by atoms with van der Waals surface area (Å²) in [6.07, 6.45) is 0. The van der Waals surface area contributed by atoms with E-state index in [2.05, 4.69) is 75.4 Å². The van der Waals surface area contributed by atoms with Gasteiger partial charge in [0.05, 0.1) is 0 Å². The van der Waals surface area contributed by atoms with E-state index in [1.807, 2.05) is 0 Å². The summed E-state index contributed by atoms with van der Waals surface area (Å²) in [6.45, 7) is 6.64.